The van der Waals surface area contributed by atoms with Crippen molar-refractivity contribution < 1.29 is 9.59 Å². The molecule has 0 N–H and O–H groups in total. The fraction of sp³-hybridized carbons (Fsp3) is 0.273. The van der Waals surface area contributed by atoms with E-state index in [1.807, 2.05) is 12.1 Å². The highest BCUT2D eigenvalue weighted by molar-refractivity contribution is 6.30. The number of benzene rings is 1. The molecule has 1 fully saturated rings. The van der Waals surface area contributed by atoms with E-state index in [1.54, 1.807) is 17.0 Å². The monoisotopic (exact) mass is 237 g/mol. The number of nitrogens with zero attached hydrogens (tertiary/aromatic N) is 2. The van der Waals surface area contributed by atoms with Gasteiger partial charge in [-0.2, -0.15) is 5.32 Å². The van der Waals surface area contributed by atoms with Gasteiger partial charge in [-0.3, -0.25) is 4.79 Å². The molecule has 5 heteroatoms. The second-order valence-electron chi connectivity index (χ2n) is 3.59. The normalized spacial score (nSPS) is 16.2. The van der Waals surface area contributed by atoms with Gasteiger partial charge in [-0.05, 0) is 17.7 Å². The number of carbonyl (C=O) groups is 2. The first-order chi connectivity index (χ1) is 7.65. The van der Waals surface area contributed by atoms with Crippen molar-refractivity contribution in [3.8, 4) is 0 Å². The van der Waals surface area contributed by atoms with Crippen LogP contribution in [0.5, 0.6) is 0 Å². The Hall–Kier alpha value is -1.55. The van der Waals surface area contributed by atoms with Gasteiger partial charge >= 0.3 is 6.03 Å². The number of urea groups is 1. The summed E-state index contributed by atoms with van der Waals surface area (Å²) in [6.45, 7) is 0.899. The molecule has 0 saturated carbocycles. The van der Waals surface area contributed by atoms with E-state index in [0.29, 0.717) is 24.5 Å². The van der Waals surface area contributed by atoms with Gasteiger partial charge in [0.1, 0.15) is 0 Å². The van der Waals surface area contributed by atoms with Crippen LogP contribution in [-0.4, -0.2) is 23.4 Å². The van der Waals surface area contributed by atoms with Crippen LogP contribution in [0.15, 0.2) is 24.3 Å². The van der Waals surface area contributed by atoms with E-state index in [-0.39, 0.29) is 5.91 Å². The highest BCUT2D eigenvalue weighted by atomic mass is 35.5. The Balaban J connectivity index is 2.02. The van der Waals surface area contributed by atoms with Crippen LogP contribution in [0, 0.1) is 0 Å². The molecule has 0 bridgehead atoms. The lowest BCUT2D eigenvalue weighted by atomic mass is 10.2. The van der Waals surface area contributed by atoms with Crippen LogP contribution in [0.1, 0.15) is 12.0 Å². The smallest absolute Gasteiger partial charge is 0.318 e. The van der Waals surface area contributed by atoms with E-state index < -0.39 is 6.03 Å². The van der Waals surface area contributed by atoms with Crippen LogP contribution < -0.4 is 5.32 Å². The summed E-state index contributed by atoms with van der Waals surface area (Å²) < 4.78 is 0. The zero-order chi connectivity index (χ0) is 11.5. The summed E-state index contributed by atoms with van der Waals surface area (Å²) in [5.41, 5.74) is 0.974. The zero-order valence-electron chi connectivity index (χ0n) is 8.52. The van der Waals surface area contributed by atoms with E-state index in [4.69, 9.17) is 11.6 Å². The van der Waals surface area contributed by atoms with Gasteiger partial charge < -0.3 is 4.90 Å². The molecule has 16 heavy (non-hydrogen) atoms. The Bertz CT molecular complexity index is 416. The summed E-state index contributed by atoms with van der Waals surface area (Å²) in [6.07, 6.45) is 0.305. The summed E-state index contributed by atoms with van der Waals surface area (Å²) in [4.78, 5) is 23.8. The molecule has 1 aromatic rings. The van der Waals surface area contributed by atoms with Gasteiger partial charge in [-0.15, -0.1) is 0 Å². The van der Waals surface area contributed by atoms with Gasteiger partial charge in [-0.25, -0.2) is 4.79 Å². The fourth-order valence-corrected chi connectivity index (χ4v) is 1.64. The minimum atomic E-state index is -0.453. The first-order valence-electron chi connectivity index (χ1n) is 4.93. The Labute approximate surface area is 98.2 Å². The number of hydrogen-bond acceptors (Lipinski definition) is 2. The lowest BCUT2D eigenvalue weighted by molar-refractivity contribution is -0.121. The van der Waals surface area contributed by atoms with E-state index in [1.165, 1.54) is 0 Å². The molecule has 2 rings (SSSR count). The maximum atomic E-state index is 11.4. The second-order valence-corrected chi connectivity index (χ2v) is 4.02. The highest BCUT2D eigenvalue weighted by Gasteiger charge is 2.24. The maximum absolute atomic E-state index is 11.4. The summed E-state index contributed by atoms with van der Waals surface area (Å²) in [5.74, 6) is -0.336. The van der Waals surface area contributed by atoms with E-state index in [2.05, 4.69) is 5.32 Å². The molecule has 1 aromatic carbocycles. The standard InChI is InChI=1S/C11H10ClN2O2/c12-9-3-1-8(2-4-9)7-14-6-5-10(15)13-11(14)16/h1-4H,5-7H2. The van der Waals surface area contributed by atoms with Crippen molar-refractivity contribution in [2.45, 2.75) is 13.0 Å². The van der Waals surface area contributed by atoms with Gasteiger partial charge in [-0.1, -0.05) is 23.7 Å². The largest absolute Gasteiger partial charge is 0.347 e. The molecule has 0 spiro atoms. The van der Waals surface area contributed by atoms with E-state index in [0.717, 1.165) is 5.56 Å². The lowest BCUT2D eigenvalue weighted by Gasteiger charge is -2.24. The average Bonchev–Trinajstić information content (AvgIpc) is 2.25. The molecule has 1 aliphatic rings. The summed E-state index contributed by atoms with van der Waals surface area (Å²) in [5, 5.41) is 4.06. The minimum absolute atomic E-state index is 0.305. The molecule has 0 atom stereocenters. The van der Waals surface area contributed by atoms with Crippen molar-refractivity contribution in [1.82, 2.24) is 10.2 Å². The molecule has 4 nitrogen and oxygen atoms in total. The Morgan fingerprint density at radius 3 is 2.56 bits per heavy atom. The number of amides is 3. The molecular formula is C11H10ClN2O2. The Kier molecular flexibility index (Phi) is 3.10. The van der Waals surface area contributed by atoms with Crippen molar-refractivity contribution in [2.24, 2.45) is 0 Å². The van der Waals surface area contributed by atoms with Crippen LogP contribution >= 0.6 is 11.6 Å². The van der Waals surface area contributed by atoms with E-state index in [9.17, 15) is 9.59 Å². The zero-order valence-corrected chi connectivity index (χ0v) is 9.28. The molecule has 0 unspecified atom stereocenters. The molecule has 3 amide bonds. The van der Waals surface area contributed by atoms with Gasteiger partial charge in [0.05, 0.1) is 0 Å². The molecule has 1 radical (unpaired) electrons. The third-order valence-corrected chi connectivity index (χ3v) is 2.63. The van der Waals surface area contributed by atoms with Crippen molar-refractivity contribution in [3.05, 3.63) is 34.9 Å². The Morgan fingerprint density at radius 2 is 1.94 bits per heavy atom. The minimum Gasteiger partial charge on any atom is -0.318 e. The molecule has 1 saturated heterocycles. The molecule has 0 aromatic heterocycles. The first kappa shape index (κ1) is 11.0. The van der Waals surface area contributed by atoms with Gasteiger partial charge in [0, 0.05) is 24.5 Å². The summed E-state index contributed by atoms with van der Waals surface area (Å²) in [6, 6.07) is 6.80. The number of rotatable bonds is 2. The van der Waals surface area contributed by atoms with Gasteiger partial charge in [0.25, 0.3) is 5.91 Å². The molecular weight excluding hydrogens is 228 g/mol. The molecule has 83 valence electrons. The van der Waals surface area contributed by atoms with Gasteiger partial charge in [0.2, 0.25) is 0 Å². The number of carbonyl (C=O) groups excluding carboxylic acids is 2. The second kappa shape index (κ2) is 4.53. The topological polar surface area (TPSA) is 51.5 Å². The predicted octanol–water partition coefficient (Wildman–Crippen LogP) is 1.80. The maximum Gasteiger partial charge on any atom is 0.347 e. The summed E-state index contributed by atoms with van der Waals surface area (Å²) >= 11 is 5.76. The first-order valence-corrected chi connectivity index (χ1v) is 5.31. The average molecular weight is 238 g/mol. The SMILES string of the molecule is O=C1CCN(Cc2ccc(Cl)cc2)C(=O)[N]1. The summed E-state index contributed by atoms with van der Waals surface area (Å²) in [7, 11) is 0. The van der Waals surface area contributed by atoms with Crippen LogP contribution in [0.4, 0.5) is 4.79 Å². The van der Waals surface area contributed by atoms with Crippen LogP contribution in [0.2, 0.25) is 5.02 Å². The van der Waals surface area contributed by atoms with Crippen molar-refractivity contribution >= 4 is 23.5 Å². The number of imide groups is 1. The van der Waals surface area contributed by atoms with Crippen molar-refractivity contribution in [3.63, 3.8) is 0 Å². The molecule has 1 aliphatic heterocycles. The van der Waals surface area contributed by atoms with Gasteiger partial charge in [0.15, 0.2) is 0 Å². The number of hydrogen-bond donors (Lipinski definition) is 0. The highest BCUT2D eigenvalue weighted by Crippen LogP contribution is 2.13. The molecule has 0 aliphatic carbocycles. The van der Waals surface area contributed by atoms with Crippen molar-refractivity contribution in [1.29, 1.82) is 0 Å². The number of halogens is 1. The third-order valence-electron chi connectivity index (χ3n) is 2.37. The van der Waals surface area contributed by atoms with Crippen LogP contribution in [0.3, 0.4) is 0 Å². The lowest BCUT2D eigenvalue weighted by Crippen LogP contribution is -2.44. The molecule has 1 heterocycles. The quantitative estimate of drug-likeness (QED) is 0.788. The van der Waals surface area contributed by atoms with Crippen LogP contribution in [-0.2, 0) is 11.3 Å². The third kappa shape index (κ3) is 2.52. The van der Waals surface area contributed by atoms with Crippen molar-refractivity contribution in [2.75, 3.05) is 6.54 Å². The Morgan fingerprint density at radius 1 is 1.25 bits per heavy atom. The predicted molar refractivity (Wildman–Crippen MR) is 59.0 cm³/mol. The van der Waals surface area contributed by atoms with E-state index >= 15 is 0 Å². The van der Waals surface area contributed by atoms with Crippen LogP contribution in [0.25, 0.3) is 0 Å². The fourth-order valence-electron chi connectivity index (χ4n) is 1.52.